The fraction of sp³-hybridized carbons (Fsp3) is 0.364. The Balaban J connectivity index is 2.33. The van der Waals surface area contributed by atoms with E-state index in [4.69, 9.17) is 12.2 Å². The van der Waals surface area contributed by atoms with Crippen molar-refractivity contribution in [2.24, 2.45) is 7.05 Å². The van der Waals surface area contributed by atoms with Gasteiger partial charge in [-0.2, -0.15) is 5.10 Å². The van der Waals surface area contributed by atoms with Gasteiger partial charge in [-0.15, -0.1) is 0 Å². The number of hydrogen-bond donors (Lipinski definition) is 1. The highest BCUT2D eigenvalue weighted by Crippen LogP contribution is 2.15. The predicted molar refractivity (Wildman–Crippen MR) is 69.0 cm³/mol. The maximum Gasteiger partial charge on any atom is 0.276 e. The van der Waals surface area contributed by atoms with Gasteiger partial charge in [-0.05, 0) is 32.1 Å². The van der Waals surface area contributed by atoms with Crippen LogP contribution in [0.1, 0.15) is 18.2 Å². The highest BCUT2D eigenvalue weighted by atomic mass is 32.1. The molecule has 0 aliphatic carbocycles. The molecule has 1 fully saturated rings. The van der Waals surface area contributed by atoms with Gasteiger partial charge in [0.1, 0.15) is 5.70 Å². The summed E-state index contributed by atoms with van der Waals surface area (Å²) in [6.45, 7) is 4.37. The van der Waals surface area contributed by atoms with E-state index in [0.717, 1.165) is 11.3 Å². The van der Waals surface area contributed by atoms with Crippen molar-refractivity contribution in [2.45, 2.75) is 13.8 Å². The molecule has 1 saturated heterocycles. The van der Waals surface area contributed by atoms with Crippen LogP contribution < -0.4 is 5.32 Å². The van der Waals surface area contributed by atoms with Crippen molar-refractivity contribution in [3.63, 3.8) is 0 Å². The molecule has 0 unspecified atom stereocenters. The average molecular weight is 250 g/mol. The van der Waals surface area contributed by atoms with Gasteiger partial charge in [0.05, 0.1) is 5.69 Å². The van der Waals surface area contributed by atoms with Crippen LogP contribution in [0, 0.1) is 6.92 Å². The van der Waals surface area contributed by atoms with E-state index in [9.17, 15) is 4.79 Å². The summed E-state index contributed by atoms with van der Waals surface area (Å²) in [6.07, 6.45) is 3.65. The van der Waals surface area contributed by atoms with Crippen LogP contribution in [0.15, 0.2) is 11.9 Å². The Hall–Kier alpha value is -1.69. The highest BCUT2D eigenvalue weighted by Gasteiger charge is 2.29. The number of nitrogens with one attached hydrogen (secondary N) is 1. The minimum absolute atomic E-state index is 0.0826. The molecule has 1 amide bonds. The highest BCUT2D eigenvalue weighted by molar-refractivity contribution is 7.80. The minimum Gasteiger partial charge on any atom is -0.328 e. The Morgan fingerprint density at radius 1 is 1.59 bits per heavy atom. The summed E-state index contributed by atoms with van der Waals surface area (Å²) in [5.41, 5.74) is 2.31. The summed E-state index contributed by atoms with van der Waals surface area (Å²) in [5.74, 6) is -0.0826. The second-order valence-electron chi connectivity index (χ2n) is 3.88. The Bertz CT molecular complexity index is 518. The Kier molecular flexibility index (Phi) is 2.97. The number of rotatable bonds is 2. The largest absolute Gasteiger partial charge is 0.328 e. The lowest BCUT2D eigenvalue weighted by Crippen LogP contribution is -2.30. The van der Waals surface area contributed by atoms with Crippen LogP contribution >= 0.6 is 12.2 Å². The smallest absolute Gasteiger partial charge is 0.276 e. The first-order chi connectivity index (χ1) is 8.02. The van der Waals surface area contributed by atoms with Gasteiger partial charge < -0.3 is 5.32 Å². The quantitative estimate of drug-likeness (QED) is 0.623. The van der Waals surface area contributed by atoms with Crippen molar-refractivity contribution >= 4 is 29.3 Å². The third kappa shape index (κ3) is 2.08. The van der Waals surface area contributed by atoms with Crippen molar-refractivity contribution in [3.05, 3.63) is 23.2 Å². The molecular formula is C11H14N4OS. The molecule has 2 rings (SSSR count). The maximum atomic E-state index is 11.9. The van der Waals surface area contributed by atoms with Crippen LogP contribution in [0.4, 0.5) is 0 Å². The van der Waals surface area contributed by atoms with Crippen molar-refractivity contribution in [1.82, 2.24) is 20.0 Å². The molecule has 1 N–H and O–H groups in total. The van der Waals surface area contributed by atoms with Crippen LogP contribution in [0.3, 0.4) is 0 Å². The third-order valence-electron chi connectivity index (χ3n) is 2.63. The predicted octanol–water partition coefficient (Wildman–Crippen LogP) is 0.806. The van der Waals surface area contributed by atoms with Crippen molar-refractivity contribution in [3.8, 4) is 0 Å². The van der Waals surface area contributed by atoms with Gasteiger partial charge in [0, 0.05) is 25.4 Å². The van der Waals surface area contributed by atoms with Crippen LogP contribution in [-0.2, 0) is 11.8 Å². The summed E-state index contributed by atoms with van der Waals surface area (Å²) in [6, 6.07) is 0. The van der Waals surface area contributed by atoms with Crippen LogP contribution in [0.25, 0.3) is 6.08 Å². The fourth-order valence-electron chi connectivity index (χ4n) is 1.77. The normalized spacial score (nSPS) is 18.1. The number of aromatic nitrogens is 2. The summed E-state index contributed by atoms with van der Waals surface area (Å²) >= 11 is 5.08. The lowest BCUT2D eigenvalue weighted by molar-refractivity contribution is -0.122. The lowest BCUT2D eigenvalue weighted by atomic mass is 10.2. The zero-order valence-corrected chi connectivity index (χ0v) is 10.8. The zero-order chi connectivity index (χ0) is 12.6. The molecule has 0 radical (unpaired) electrons. The number of hydrogen-bond acceptors (Lipinski definition) is 3. The van der Waals surface area contributed by atoms with Crippen molar-refractivity contribution in [1.29, 1.82) is 0 Å². The summed E-state index contributed by atoms with van der Waals surface area (Å²) in [5, 5.41) is 7.61. The first-order valence-corrected chi connectivity index (χ1v) is 5.78. The second kappa shape index (κ2) is 4.29. The standard InChI is InChI=1S/C11H14N4OS/c1-4-15-10(16)9(12-11(15)17)5-8-6-14(3)13-7(8)2/h5-6H,4H2,1-3H3,(H,12,17)/b9-5+. The van der Waals surface area contributed by atoms with E-state index in [1.54, 1.807) is 10.8 Å². The molecule has 1 aromatic rings. The molecule has 17 heavy (non-hydrogen) atoms. The number of carbonyl (C=O) groups excluding carboxylic acids is 1. The molecule has 0 bridgehead atoms. The molecule has 1 aliphatic heterocycles. The van der Waals surface area contributed by atoms with Gasteiger partial charge >= 0.3 is 0 Å². The summed E-state index contributed by atoms with van der Waals surface area (Å²) in [4.78, 5) is 13.5. The number of aryl methyl sites for hydroxylation is 2. The van der Waals surface area contributed by atoms with Gasteiger partial charge in [-0.25, -0.2) is 0 Å². The number of carbonyl (C=O) groups is 1. The Morgan fingerprint density at radius 2 is 2.29 bits per heavy atom. The van der Waals surface area contributed by atoms with E-state index >= 15 is 0 Å². The van der Waals surface area contributed by atoms with E-state index in [0.29, 0.717) is 17.4 Å². The van der Waals surface area contributed by atoms with Gasteiger partial charge in [-0.1, -0.05) is 0 Å². The number of amides is 1. The molecule has 6 heteroatoms. The molecule has 0 aromatic carbocycles. The third-order valence-corrected chi connectivity index (χ3v) is 2.95. The Morgan fingerprint density at radius 3 is 2.76 bits per heavy atom. The molecule has 90 valence electrons. The Labute approximate surface area is 105 Å². The van der Waals surface area contributed by atoms with Gasteiger partial charge in [0.25, 0.3) is 5.91 Å². The molecule has 0 atom stereocenters. The van der Waals surface area contributed by atoms with Gasteiger partial charge in [0.15, 0.2) is 5.11 Å². The minimum atomic E-state index is -0.0826. The monoisotopic (exact) mass is 250 g/mol. The molecule has 1 aliphatic rings. The maximum absolute atomic E-state index is 11.9. The summed E-state index contributed by atoms with van der Waals surface area (Å²) in [7, 11) is 1.85. The van der Waals surface area contributed by atoms with E-state index in [2.05, 4.69) is 10.4 Å². The first-order valence-electron chi connectivity index (χ1n) is 5.37. The van der Waals surface area contributed by atoms with Gasteiger partial charge in [0.2, 0.25) is 0 Å². The van der Waals surface area contributed by atoms with E-state index in [1.807, 2.05) is 27.1 Å². The number of likely N-dealkylation sites (N-methyl/N-ethyl adjacent to an activating group) is 1. The molecule has 0 spiro atoms. The first kappa shape index (κ1) is 11.8. The molecule has 5 nitrogen and oxygen atoms in total. The topological polar surface area (TPSA) is 50.2 Å². The van der Waals surface area contributed by atoms with Crippen molar-refractivity contribution < 1.29 is 4.79 Å². The number of nitrogens with zero attached hydrogens (tertiary/aromatic N) is 3. The molecule has 1 aromatic heterocycles. The summed E-state index contributed by atoms with van der Waals surface area (Å²) < 4.78 is 1.72. The van der Waals surface area contributed by atoms with Gasteiger partial charge in [-0.3, -0.25) is 14.4 Å². The molecular weight excluding hydrogens is 236 g/mol. The van der Waals surface area contributed by atoms with Crippen molar-refractivity contribution in [2.75, 3.05) is 6.54 Å². The molecule has 0 saturated carbocycles. The van der Waals surface area contributed by atoms with E-state index < -0.39 is 0 Å². The average Bonchev–Trinajstić information content (AvgIpc) is 2.69. The van der Waals surface area contributed by atoms with E-state index in [-0.39, 0.29) is 5.91 Å². The van der Waals surface area contributed by atoms with Crippen LogP contribution in [-0.4, -0.2) is 32.2 Å². The van der Waals surface area contributed by atoms with Crippen LogP contribution in [0.2, 0.25) is 0 Å². The van der Waals surface area contributed by atoms with Crippen LogP contribution in [0.5, 0.6) is 0 Å². The number of thiocarbonyl (C=S) groups is 1. The lowest BCUT2D eigenvalue weighted by Gasteiger charge is -2.08. The fourth-order valence-corrected chi connectivity index (χ4v) is 2.10. The molecule has 2 heterocycles. The zero-order valence-electron chi connectivity index (χ0n) is 10.0. The van der Waals surface area contributed by atoms with E-state index in [1.165, 1.54) is 4.90 Å². The SMILES string of the molecule is CCN1C(=O)/C(=C\c2cn(C)nc2C)NC1=S. The second-order valence-corrected chi connectivity index (χ2v) is 4.27.